The van der Waals surface area contributed by atoms with Gasteiger partial charge in [0.1, 0.15) is 0 Å². The predicted octanol–water partition coefficient (Wildman–Crippen LogP) is 1.55. The molecule has 0 aliphatic carbocycles. The van der Waals surface area contributed by atoms with E-state index in [0.717, 1.165) is 29.3 Å². The molecule has 0 aromatic carbocycles. The molecule has 1 fully saturated rings. The van der Waals surface area contributed by atoms with E-state index in [-0.39, 0.29) is 11.9 Å². The number of nitrogens with one attached hydrogen (secondary N) is 1. The van der Waals surface area contributed by atoms with Crippen LogP contribution in [0.2, 0.25) is 0 Å². The maximum absolute atomic E-state index is 12.2. The normalized spacial score (nSPS) is 20.2. The van der Waals surface area contributed by atoms with Crippen molar-refractivity contribution in [2.24, 2.45) is 0 Å². The number of thiazole rings is 1. The fraction of sp³-hybridized carbons (Fsp3) is 0.667. The van der Waals surface area contributed by atoms with Crippen LogP contribution in [0.15, 0.2) is 6.20 Å². The highest BCUT2D eigenvalue weighted by atomic mass is 32.1. The lowest BCUT2D eigenvalue weighted by molar-refractivity contribution is -0.133. The monoisotopic (exact) mass is 253 g/mol. The SMILES string of the molecule is Cc1ncc(CN(C)C(=O)[C@@H]2CCCCN2)s1. The quantitative estimate of drug-likeness (QED) is 0.889. The Bertz CT molecular complexity index is 385. The summed E-state index contributed by atoms with van der Waals surface area (Å²) in [5.41, 5.74) is 0. The van der Waals surface area contributed by atoms with Crippen LogP contribution in [0.3, 0.4) is 0 Å². The molecule has 1 aromatic heterocycles. The van der Waals surface area contributed by atoms with Gasteiger partial charge in [-0.05, 0) is 26.3 Å². The van der Waals surface area contributed by atoms with Gasteiger partial charge in [-0.1, -0.05) is 6.42 Å². The van der Waals surface area contributed by atoms with Crippen LogP contribution in [0.25, 0.3) is 0 Å². The topological polar surface area (TPSA) is 45.2 Å². The van der Waals surface area contributed by atoms with Crippen LogP contribution in [0, 0.1) is 6.92 Å². The van der Waals surface area contributed by atoms with Gasteiger partial charge in [0, 0.05) is 18.1 Å². The van der Waals surface area contributed by atoms with Crippen LogP contribution in [-0.4, -0.2) is 35.4 Å². The number of nitrogens with zero attached hydrogens (tertiary/aromatic N) is 2. The molecule has 1 amide bonds. The second-order valence-corrected chi connectivity index (χ2v) is 5.86. The molecule has 1 aliphatic heterocycles. The van der Waals surface area contributed by atoms with Gasteiger partial charge in [-0.3, -0.25) is 4.79 Å². The summed E-state index contributed by atoms with van der Waals surface area (Å²) in [6, 6.07) is 0.0165. The van der Waals surface area contributed by atoms with Gasteiger partial charge in [-0.2, -0.15) is 0 Å². The summed E-state index contributed by atoms with van der Waals surface area (Å²) in [7, 11) is 1.87. The van der Waals surface area contributed by atoms with Crippen LogP contribution >= 0.6 is 11.3 Å². The van der Waals surface area contributed by atoms with Crippen molar-refractivity contribution in [3.8, 4) is 0 Å². The second kappa shape index (κ2) is 5.60. The molecule has 4 nitrogen and oxygen atoms in total. The molecule has 17 heavy (non-hydrogen) atoms. The summed E-state index contributed by atoms with van der Waals surface area (Å²) >= 11 is 1.65. The van der Waals surface area contributed by atoms with Crippen LogP contribution < -0.4 is 5.32 Å². The minimum Gasteiger partial charge on any atom is -0.339 e. The van der Waals surface area contributed by atoms with Gasteiger partial charge in [0.05, 0.1) is 17.6 Å². The first-order valence-electron chi connectivity index (χ1n) is 6.06. The Labute approximate surface area is 106 Å². The fourth-order valence-corrected chi connectivity index (χ4v) is 2.97. The molecule has 94 valence electrons. The van der Waals surface area contributed by atoms with Gasteiger partial charge >= 0.3 is 0 Å². The van der Waals surface area contributed by atoms with E-state index in [9.17, 15) is 4.79 Å². The van der Waals surface area contributed by atoms with Crippen molar-refractivity contribution in [1.29, 1.82) is 0 Å². The van der Waals surface area contributed by atoms with E-state index in [4.69, 9.17) is 0 Å². The average molecular weight is 253 g/mol. The highest BCUT2D eigenvalue weighted by Crippen LogP contribution is 2.15. The molecule has 0 unspecified atom stereocenters. The van der Waals surface area contributed by atoms with Crippen LogP contribution in [0.5, 0.6) is 0 Å². The Morgan fingerprint density at radius 3 is 3.06 bits per heavy atom. The van der Waals surface area contributed by atoms with E-state index in [2.05, 4.69) is 10.3 Å². The maximum atomic E-state index is 12.2. The third-order valence-corrected chi connectivity index (χ3v) is 3.94. The minimum absolute atomic E-state index is 0.0165. The zero-order valence-electron chi connectivity index (χ0n) is 10.4. The first kappa shape index (κ1) is 12.5. The van der Waals surface area contributed by atoms with Crippen molar-refractivity contribution in [2.75, 3.05) is 13.6 Å². The summed E-state index contributed by atoms with van der Waals surface area (Å²) < 4.78 is 0. The van der Waals surface area contributed by atoms with Crippen LogP contribution in [-0.2, 0) is 11.3 Å². The summed E-state index contributed by atoms with van der Waals surface area (Å²) in [6.45, 7) is 3.62. The largest absolute Gasteiger partial charge is 0.339 e. The van der Waals surface area contributed by atoms with E-state index < -0.39 is 0 Å². The number of hydrogen-bond acceptors (Lipinski definition) is 4. The lowest BCUT2D eigenvalue weighted by Gasteiger charge is -2.27. The summed E-state index contributed by atoms with van der Waals surface area (Å²) in [5.74, 6) is 0.204. The van der Waals surface area contributed by atoms with Crippen molar-refractivity contribution in [3.63, 3.8) is 0 Å². The van der Waals surface area contributed by atoms with E-state index in [0.29, 0.717) is 6.54 Å². The standard InChI is InChI=1S/C12H19N3OS/c1-9-14-7-10(17-9)8-15(2)12(16)11-5-3-4-6-13-11/h7,11,13H,3-6,8H2,1-2H3/t11-/m0/s1. The van der Waals surface area contributed by atoms with E-state index in [1.54, 1.807) is 16.2 Å². The molecular formula is C12H19N3OS. The van der Waals surface area contributed by atoms with Crippen molar-refractivity contribution < 1.29 is 4.79 Å². The highest BCUT2D eigenvalue weighted by molar-refractivity contribution is 7.11. The Balaban J connectivity index is 1.90. The Morgan fingerprint density at radius 2 is 2.47 bits per heavy atom. The molecule has 1 aliphatic rings. The summed E-state index contributed by atoms with van der Waals surface area (Å²) in [6.07, 6.45) is 5.15. The number of amides is 1. The van der Waals surface area contributed by atoms with Crippen LogP contribution in [0.4, 0.5) is 0 Å². The molecule has 0 spiro atoms. The lowest BCUT2D eigenvalue weighted by atomic mass is 10.0. The third kappa shape index (κ3) is 3.26. The number of piperidine rings is 1. The van der Waals surface area contributed by atoms with Gasteiger partial charge < -0.3 is 10.2 Å². The highest BCUT2D eigenvalue weighted by Gasteiger charge is 2.23. The molecule has 0 saturated carbocycles. The number of aromatic nitrogens is 1. The van der Waals surface area contributed by atoms with E-state index in [1.807, 2.05) is 20.2 Å². The molecule has 0 bridgehead atoms. The lowest BCUT2D eigenvalue weighted by Crippen LogP contribution is -2.46. The molecule has 1 saturated heterocycles. The molecule has 2 rings (SSSR count). The number of carbonyl (C=O) groups is 1. The fourth-order valence-electron chi connectivity index (χ4n) is 2.12. The summed E-state index contributed by atoms with van der Waals surface area (Å²) in [4.78, 5) is 19.3. The van der Waals surface area contributed by atoms with Gasteiger partial charge in [-0.25, -0.2) is 4.98 Å². The molecule has 0 radical (unpaired) electrons. The smallest absolute Gasteiger partial charge is 0.239 e. The van der Waals surface area contributed by atoms with Gasteiger partial charge in [0.2, 0.25) is 5.91 Å². The molecule has 5 heteroatoms. The number of rotatable bonds is 3. The number of likely N-dealkylation sites (N-methyl/N-ethyl adjacent to an activating group) is 1. The average Bonchev–Trinajstić information content (AvgIpc) is 2.75. The zero-order valence-corrected chi connectivity index (χ0v) is 11.2. The van der Waals surface area contributed by atoms with Gasteiger partial charge in [-0.15, -0.1) is 11.3 Å². The summed E-state index contributed by atoms with van der Waals surface area (Å²) in [5, 5.41) is 4.34. The first-order chi connectivity index (χ1) is 8.16. The van der Waals surface area contributed by atoms with Gasteiger partial charge in [0.25, 0.3) is 0 Å². The molecule has 1 aromatic rings. The van der Waals surface area contributed by atoms with Gasteiger partial charge in [0.15, 0.2) is 0 Å². The van der Waals surface area contributed by atoms with E-state index in [1.165, 1.54) is 6.42 Å². The van der Waals surface area contributed by atoms with Crippen molar-refractivity contribution in [2.45, 2.75) is 38.8 Å². The molecule has 2 heterocycles. The molecule has 1 atom stereocenters. The van der Waals surface area contributed by atoms with Crippen LogP contribution in [0.1, 0.15) is 29.1 Å². The number of aryl methyl sites for hydroxylation is 1. The van der Waals surface area contributed by atoms with Crippen molar-refractivity contribution >= 4 is 17.2 Å². The van der Waals surface area contributed by atoms with Crippen molar-refractivity contribution in [1.82, 2.24) is 15.2 Å². The Kier molecular flexibility index (Phi) is 4.12. The van der Waals surface area contributed by atoms with E-state index >= 15 is 0 Å². The minimum atomic E-state index is 0.0165. The number of carbonyl (C=O) groups excluding carboxylic acids is 1. The zero-order chi connectivity index (χ0) is 12.3. The molecule has 1 N–H and O–H groups in total. The third-order valence-electron chi connectivity index (χ3n) is 3.05. The Hall–Kier alpha value is -0.940. The number of hydrogen-bond donors (Lipinski definition) is 1. The maximum Gasteiger partial charge on any atom is 0.239 e. The predicted molar refractivity (Wildman–Crippen MR) is 69.0 cm³/mol. The first-order valence-corrected chi connectivity index (χ1v) is 6.88. The Morgan fingerprint density at radius 1 is 1.65 bits per heavy atom. The van der Waals surface area contributed by atoms with Crippen molar-refractivity contribution in [3.05, 3.63) is 16.1 Å². The molecular weight excluding hydrogens is 234 g/mol. The second-order valence-electron chi connectivity index (χ2n) is 4.54.